The monoisotopic (exact) mass is 668 g/mol. The molecule has 0 heterocycles. The van der Waals surface area contributed by atoms with Gasteiger partial charge in [-0.3, -0.25) is 9.59 Å². The summed E-state index contributed by atoms with van der Waals surface area (Å²) >= 11 is 0. The number of hydrogen-bond acceptors (Lipinski definition) is 10. The number of hydrogen-bond donors (Lipinski definition) is 2. The molecule has 2 aliphatic rings. The number of carbonyl (C=O) groups is 4. The van der Waals surface area contributed by atoms with Crippen molar-refractivity contribution in [1.29, 1.82) is 0 Å². The van der Waals surface area contributed by atoms with Crippen LogP contribution in [-0.4, -0.2) is 48.4 Å². The van der Waals surface area contributed by atoms with Crippen molar-refractivity contribution in [2.45, 2.75) is 74.5 Å². The van der Waals surface area contributed by atoms with Crippen LogP contribution in [0.4, 0.5) is 35.1 Å². The van der Waals surface area contributed by atoms with E-state index in [0.717, 1.165) is 24.3 Å². The summed E-state index contributed by atoms with van der Waals surface area (Å²) in [6.45, 7) is 0. The lowest BCUT2D eigenvalue weighted by molar-refractivity contribution is -0.276. The van der Waals surface area contributed by atoms with E-state index in [2.05, 4.69) is 9.47 Å². The summed E-state index contributed by atoms with van der Waals surface area (Å²) in [5.74, 6) is -11.6. The summed E-state index contributed by atoms with van der Waals surface area (Å²) in [5, 5.41) is 0. The standard InChI is InChI=1S/C28H24F8N2O8/c29-19-13(5-1-7-15(19)45-27(31,32)33)25(37)11-3-9-17(21(25)39)43-23(41)24(42)44-18-10-4-12-26(38,22(18)40)14-6-2-8-16(20(14)30)46-28(34,35)36/h1-2,5-8,17-18H,3-4,9-12,37-38H2. The van der Waals surface area contributed by atoms with Crippen LogP contribution in [-0.2, 0) is 39.7 Å². The Morgan fingerprint density at radius 3 is 1.35 bits per heavy atom. The second-order valence-electron chi connectivity index (χ2n) is 10.6. The van der Waals surface area contributed by atoms with Crippen LogP contribution < -0.4 is 20.9 Å². The number of carbonyl (C=O) groups excluding carboxylic acids is 4. The minimum Gasteiger partial charge on any atom is -0.446 e. The van der Waals surface area contributed by atoms with E-state index >= 15 is 0 Å². The molecule has 0 amide bonds. The Kier molecular flexibility index (Phi) is 9.36. The molecule has 0 bridgehead atoms. The van der Waals surface area contributed by atoms with Gasteiger partial charge in [0.15, 0.2) is 46.9 Å². The summed E-state index contributed by atoms with van der Waals surface area (Å²) in [4.78, 5) is 51.6. The zero-order valence-corrected chi connectivity index (χ0v) is 23.3. The summed E-state index contributed by atoms with van der Waals surface area (Å²) < 4.78 is 123. The first kappa shape index (κ1) is 34.6. The lowest BCUT2D eigenvalue weighted by Gasteiger charge is -2.37. The number of ketones is 2. The average Bonchev–Trinajstić information content (AvgIpc) is 2.94. The molecule has 0 aromatic heterocycles. The Labute approximate surface area is 253 Å². The van der Waals surface area contributed by atoms with Gasteiger partial charge in [-0.2, -0.15) is 0 Å². The highest BCUT2D eigenvalue weighted by Gasteiger charge is 2.50. The Balaban J connectivity index is 1.47. The summed E-state index contributed by atoms with van der Waals surface area (Å²) in [5.41, 5.74) is 6.26. The fourth-order valence-electron chi connectivity index (χ4n) is 5.45. The second kappa shape index (κ2) is 12.5. The van der Waals surface area contributed by atoms with Gasteiger partial charge in [-0.15, -0.1) is 26.3 Å². The number of esters is 2. The van der Waals surface area contributed by atoms with Gasteiger partial charge in [-0.1, -0.05) is 24.3 Å². The maximum Gasteiger partial charge on any atom is 0.573 e. The molecule has 4 N–H and O–H groups in total. The minimum absolute atomic E-state index is 0.0154. The molecule has 10 nitrogen and oxygen atoms in total. The van der Waals surface area contributed by atoms with Gasteiger partial charge in [0.2, 0.25) is 0 Å². The predicted molar refractivity (Wildman–Crippen MR) is 135 cm³/mol. The fourth-order valence-corrected chi connectivity index (χ4v) is 5.45. The molecule has 4 unspecified atom stereocenters. The molecular formula is C28H24F8N2O8. The molecule has 0 aliphatic heterocycles. The highest BCUT2D eigenvalue weighted by molar-refractivity contribution is 6.30. The smallest absolute Gasteiger partial charge is 0.446 e. The van der Waals surface area contributed by atoms with Crippen molar-refractivity contribution in [3.8, 4) is 11.5 Å². The predicted octanol–water partition coefficient (Wildman–Crippen LogP) is 4.10. The van der Waals surface area contributed by atoms with Crippen molar-refractivity contribution in [1.82, 2.24) is 0 Å². The van der Waals surface area contributed by atoms with Crippen LogP contribution in [0.15, 0.2) is 36.4 Å². The van der Waals surface area contributed by atoms with Gasteiger partial charge in [0.25, 0.3) is 0 Å². The number of nitrogens with two attached hydrogens (primary N) is 2. The maximum atomic E-state index is 15.0. The van der Waals surface area contributed by atoms with Crippen molar-refractivity contribution in [3.63, 3.8) is 0 Å². The number of benzene rings is 2. The largest absolute Gasteiger partial charge is 0.573 e. The third kappa shape index (κ3) is 7.06. The Bertz CT molecular complexity index is 1430. The van der Waals surface area contributed by atoms with Crippen molar-refractivity contribution in [2.75, 3.05) is 0 Å². The van der Waals surface area contributed by atoms with Crippen LogP contribution in [0.3, 0.4) is 0 Å². The van der Waals surface area contributed by atoms with Crippen LogP contribution in [0.5, 0.6) is 11.5 Å². The quantitative estimate of drug-likeness (QED) is 0.261. The summed E-state index contributed by atoms with van der Waals surface area (Å²) in [6.07, 6.45) is -15.1. The van der Waals surface area contributed by atoms with Gasteiger partial charge >= 0.3 is 24.7 Å². The number of ether oxygens (including phenoxy) is 4. The Morgan fingerprint density at radius 2 is 1.02 bits per heavy atom. The maximum absolute atomic E-state index is 15.0. The van der Waals surface area contributed by atoms with Crippen molar-refractivity contribution >= 4 is 23.5 Å². The molecule has 2 saturated carbocycles. The minimum atomic E-state index is -5.26. The molecule has 2 aromatic rings. The third-order valence-corrected chi connectivity index (χ3v) is 7.54. The first-order chi connectivity index (χ1) is 21.3. The van der Waals surface area contributed by atoms with Gasteiger partial charge in [-0.25, -0.2) is 18.4 Å². The topological polar surface area (TPSA) is 157 Å². The number of halogens is 8. The molecule has 0 radical (unpaired) electrons. The van der Waals surface area contributed by atoms with Crippen LogP contribution >= 0.6 is 0 Å². The zero-order valence-electron chi connectivity index (χ0n) is 23.3. The van der Waals surface area contributed by atoms with E-state index in [9.17, 15) is 54.3 Å². The van der Waals surface area contributed by atoms with E-state index in [1.54, 1.807) is 0 Å². The van der Waals surface area contributed by atoms with Gasteiger partial charge in [-0.05, 0) is 50.7 Å². The highest BCUT2D eigenvalue weighted by Crippen LogP contribution is 2.40. The van der Waals surface area contributed by atoms with Crippen molar-refractivity contribution in [3.05, 3.63) is 59.2 Å². The molecule has 2 aliphatic carbocycles. The first-order valence-electron chi connectivity index (χ1n) is 13.4. The van der Waals surface area contributed by atoms with Crippen molar-refractivity contribution in [2.24, 2.45) is 11.5 Å². The molecule has 2 fully saturated rings. The normalized spacial score (nSPS) is 25.5. The SMILES string of the molecule is NC1(c2cccc(OC(F)(F)F)c2F)CCCC(OC(=O)C(=O)OC2CCCC(N)(c3cccc(OC(F)(F)F)c3F)C2=O)C1=O. The Hall–Kier alpha value is -4.32. The molecule has 0 saturated heterocycles. The van der Waals surface area contributed by atoms with Gasteiger partial charge in [0, 0.05) is 11.1 Å². The number of Topliss-reactive ketones (excluding diaryl/α,β-unsaturated/α-hetero) is 2. The van der Waals surface area contributed by atoms with Crippen molar-refractivity contribution < 1.29 is 73.2 Å². The number of rotatable bonds is 6. The van der Waals surface area contributed by atoms with Gasteiger partial charge in [0.05, 0.1) is 0 Å². The summed E-state index contributed by atoms with van der Waals surface area (Å²) in [6, 6.07) is 5.10. The molecule has 2 aromatic carbocycles. The summed E-state index contributed by atoms with van der Waals surface area (Å²) in [7, 11) is 0. The van der Waals surface area contributed by atoms with Gasteiger partial charge in [0.1, 0.15) is 11.1 Å². The van der Waals surface area contributed by atoms with E-state index in [0.29, 0.717) is 12.1 Å². The third-order valence-electron chi connectivity index (χ3n) is 7.54. The van der Waals surface area contributed by atoms with Crippen LogP contribution in [0.1, 0.15) is 49.7 Å². The molecule has 46 heavy (non-hydrogen) atoms. The molecule has 250 valence electrons. The Morgan fingerprint density at radius 1 is 0.674 bits per heavy atom. The van der Waals surface area contributed by atoms with E-state index in [-0.39, 0.29) is 38.5 Å². The lowest BCUT2D eigenvalue weighted by Crippen LogP contribution is -2.55. The van der Waals surface area contributed by atoms with Crippen LogP contribution in [0.25, 0.3) is 0 Å². The average molecular weight is 668 g/mol. The highest BCUT2D eigenvalue weighted by atomic mass is 19.4. The first-order valence-corrected chi connectivity index (χ1v) is 13.4. The van der Waals surface area contributed by atoms with E-state index in [1.807, 2.05) is 0 Å². The molecular weight excluding hydrogens is 644 g/mol. The lowest BCUT2D eigenvalue weighted by atomic mass is 9.74. The fraction of sp³-hybridized carbons (Fsp3) is 0.429. The molecule has 4 atom stereocenters. The van der Waals surface area contributed by atoms with E-state index in [4.69, 9.17) is 20.9 Å². The zero-order chi connectivity index (χ0) is 34.2. The molecule has 18 heteroatoms. The van der Waals surface area contributed by atoms with Gasteiger partial charge < -0.3 is 30.4 Å². The van der Waals surface area contributed by atoms with Crippen LogP contribution in [0, 0.1) is 11.6 Å². The van der Waals surface area contributed by atoms with E-state index < -0.39 is 93.8 Å². The van der Waals surface area contributed by atoms with E-state index in [1.165, 1.54) is 0 Å². The molecule has 4 rings (SSSR count). The number of alkyl halides is 6. The van der Waals surface area contributed by atoms with Crippen LogP contribution in [0.2, 0.25) is 0 Å². The molecule has 0 spiro atoms. The second-order valence-corrected chi connectivity index (χ2v) is 10.6.